The van der Waals surface area contributed by atoms with E-state index in [1.807, 2.05) is 37.3 Å². The van der Waals surface area contributed by atoms with Gasteiger partial charge in [-0.3, -0.25) is 0 Å². The fraction of sp³-hybridized carbons (Fsp3) is 0.412. The number of rotatable bonds is 4. The van der Waals surface area contributed by atoms with Crippen LogP contribution in [0.5, 0.6) is 0 Å². The number of sulfonamides is 1. The second kappa shape index (κ2) is 6.49. The Labute approximate surface area is 150 Å². The smallest absolute Gasteiger partial charge is 0.246 e. The van der Waals surface area contributed by atoms with E-state index in [0.717, 1.165) is 16.7 Å². The van der Waals surface area contributed by atoms with Gasteiger partial charge >= 0.3 is 0 Å². The first kappa shape index (κ1) is 17.2. The van der Waals surface area contributed by atoms with Gasteiger partial charge in [0, 0.05) is 18.5 Å². The van der Waals surface area contributed by atoms with Crippen LogP contribution in [-0.4, -0.2) is 48.9 Å². The lowest BCUT2D eigenvalue weighted by molar-refractivity contribution is -0.0177. The molecule has 3 heterocycles. The predicted molar refractivity (Wildman–Crippen MR) is 93.1 cm³/mol. The molecule has 1 aliphatic heterocycles. The largest absolute Gasteiger partial charge is 0.460 e. The molecule has 0 N–H and O–H groups in total. The van der Waals surface area contributed by atoms with Crippen molar-refractivity contribution in [1.82, 2.24) is 14.5 Å². The van der Waals surface area contributed by atoms with Crippen LogP contribution in [0.4, 0.5) is 0 Å². The molecule has 0 unspecified atom stereocenters. The highest BCUT2D eigenvalue weighted by atomic mass is 32.2. The molecule has 0 amide bonds. The summed E-state index contributed by atoms with van der Waals surface area (Å²) in [6.07, 6.45) is 0.612. The highest BCUT2D eigenvalue weighted by Crippen LogP contribution is 2.30. The number of furan rings is 1. The van der Waals surface area contributed by atoms with Gasteiger partial charge in [-0.2, -0.15) is 4.31 Å². The van der Waals surface area contributed by atoms with Crippen LogP contribution in [0.25, 0.3) is 11.0 Å². The fourth-order valence-electron chi connectivity index (χ4n) is 2.97. The molecular weight excluding hydrogens is 358 g/mol. The lowest BCUT2D eigenvalue weighted by Gasteiger charge is -2.29. The minimum atomic E-state index is -3.29. The van der Waals surface area contributed by atoms with E-state index in [-0.39, 0.29) is 25.0 Å². The zero-order chi connectivity index (χ0) is 18.3. The maximum absolute atomic E-state index is 11.7. The molecule has 2 aromatic heterocycles. The van der Waals surface area contributed by atoms with Gasteiger partial charge in [0.2, 0.25) is 21.8 Å². The Kier molecular flexibility index (Phi) is 4.29. The molecule has 26 heavy (non-hydrogen) atoms. The summed E-state index contributed by atoms with van der Waals surface area (Å²) in [6.45, 7) is 2.69. The van der Waals surface area contributed by atoms with Crippen molar-refractivity contribution in [2.45, 2.75) is 18.9 Å². The molecule has 1 aliphatic rings. The van der Waals surface area contributed by atoms with Crippen molar-refractivity contribution < 1.29 is 22.0 Å². The molecule has 0 saturated carbocycles. The quantitative estimate of drug-likeness (QED) is 0.688. The summed E-state index contributed by atoms with van der Waals surface area (Å²) >= 11 is 0. The zero-order valence-corrected chi connectivity index (χ0v) is 15.3. The van der Waals surface area contributed by atoms with E-state index >= 15 is 0 Å². The van der Waals surface area contributed by atoms with E-state index in [1.54, 1.807) is 0 Å². The topological polar surface area (TPSA) is 98.7 Å². The van der Waals surface area contributed by atoms with Crippen molar-refractivity contribution in [3.63, 3.8) is 0 Å². The normalized spacial score (nSPS) is 20.5. The minimum absolute atomic E-state index is 0.166. The summed E-state index contributed by atoms with van der Waals surface area (Å²) in [6, 6.07) is 9.70. The molecule has 0 spiro atoms. The Morgan fingerprint density at radius 2 is 2.04 bits per heavy atom. The molecule has 3 aromatic rings. The highest BCUT2D eigenvalue weighted by molar-refractivity contribution is 7.88. The van der Waals surface area contributed by atoms with Crippen molar-refractivity contribution in [3.05, 3.63) is 47.9 Å². The molecule has 1 fully saturated rings. The van der Waals surface area contributed by atoms with Gasteiger partial charge in [0.25, 0.3) is 0 Å². The maximum Gasteiger partial charge on any atom is 0.246 e. The van der Waals surface area contributed by atoms with E-state index in [9.17, 15) is 8.42 Å². The van der Waals surface area contributed by atoms with Crippen LogP contribution >= 0.6 is 0 Å². The number of benzene rings is 1. The van der Waals surface area contributed by atoms with Crippen LogP contribution in [0.1, 0.15) is 36.5 Å². The van der Waals surface area contributed by atoms with Crippen LogP contribution in [0.2, 0.25) is 0 Å². The number of fused-ring (bicyclic) bond motifs is 1. The van der Waals surface area contributed by atoms with Crippen LogP contribution in [0, 0.1) is 0 Å². The Balaban J connectivity index is 1.55. The summed E-state index contributed by atoms with van der Waals surface area (Å²) in [5.41, 5.74) is 0.800. The van der Waals surface area contributed by atoms with E-state index in [0.29, 0.717) is 12.4 Å². The number of aromatic nitrogens is 2. The van der Waals surface area contributed by atoms with E-state index < -0.39 is 16.1 Å². The Hall–Kier alpha value is -2.23. The average molecular weight is 377 g/mol. The summed E-state index contributed by atoms with van der Waals surface area (Å²) in [5.74, 6) is 1.18. The predicted octanol–water partition coefficient (Wildman–Crippen LogP) is 2.30. The number of hydrogen-bond acceptors (Lipinski definition) is 7. The molecule has 0 aliphatic carbocycles. The Bertz CT molecular complexity index is 993. The van der Waals surface area contributed by atoms with E-state index in [4.69, 9.17) is 13.6 Å². The van der Waals surface area contributed by atoms with Gasteiger partial charge in [-0.05, 0) is 19.1 Å². The van der Waals surface area contributed by atoms with E-state index in [2.05, 4.69) is 10.2 Å². The number of hydrogen-bond donors (Lipinski definition) is 0. The summed E-state index contributed by atoms with van der Waals surface area (Å²) in [4.78, 5) is 0. The third kappa shape index (κ3) is 3.25. The molecular formula is C17H19N3O5S. The maximum atomic E-state index is 11.7. The molecule has 0 radical (unpaired) electrons. The molecule has 4 rings (SSSR count). The zero-order valence-electron chi connectivity index (χ0n) is 14.5. The third-order valence-corrected chi connectivity index (χ3v) is 5.74. The monoisotopic (exact) mass is 377 g/mol. The lowest BCUT2D eigenvalue weighted by Crippen LogP contribution is -2.41. The van der Waals surface area contributed by atoms with Gasteiger partial charge in [-0.1, -0.05) is 18.2 Å². The minimum Gasteiger partial charge on any atom is -0.460 e. The van der Waals surface area contributed by atoms with Crippen molar-refractivity contribution >= 4 is 21.0 Å². The van der Waals surface area contributed by atoms with Gasteiger partial charge in [0.05, 0.1) is 18.8 Å². The van der Waals surface area contributed by atoms with Gasteiger partial charge in [-0.15, -0.1) is 10.2 Å². The number of para-hydroxylation sites is 1. The molecule has 9 heteroatoms. The Morgan fingerprint density at radius 1 is 1.23 bits per heavy atom. The first-order valence-corrected chi connectivity index (χ1v) is 10.1. The highest BCUT2D eigenvalue weighted by Gasteiger charge is 2.31. The van der Waals surface area contributed by atoms with Crippen LogP contribution in [0.15, 0.2) is 39.2 Å². The number of ether oxygens (including phenoxy) is 1. The van der Waals surface area contributed by atoms with Gasteiger partial charge in [0.1, 0.15) is 17.4 Å². The van der Waals surface area contributed by atoms with Gasteiger partial charge < -0.3 is 13.6 Å². The Morgan fingerprint density at radius 3 is 2.81 bits per heavy atom. The van der Waals surface area contributed by atoms with Crippen molar-refractivity contribution in [1.29, 1.82) is 0 Å². The van der Waals surface area contributed by atoms with Crippen LogP contribution in [0.3, 0.4) is 0 Å². The first-order chi connectivity index (χ1) is 12.4. The summed E-state index contributed by atoms with van der Waals surface area (Å²) in [7, 11) is -3.29. The van der Waals surface area contributed by atoms with Crippen molar-refractivity contribution in [2.24, 2.45) is 0 Å². The molecule has 138 valence electrons. The lowest BCUT2D eigenvalue weighted by atomic mass is 10.1. The van der Waals surface area contributed by atoms with Crippen molar-refractivity contribution in [3.8, 4) is 0 Å². The summed E-state index contributed by atoms with van der Waals surface area (Å²) in [5, 5.41) is 9.16. The summed E-state index contributed by atoms with van der Waals surface area (Å²) < 4.78 is 42.1. The molecule has 8 nitrogen and oxygen atoms in total. The first-order valence-electron chi connectivity index (χ1n) is 8.30. The molecule has 1 aromatic carbocycles. The number of nitrogens with zero attached hydrogens (tertiary/aromatic N) is 3. The van der Waals surface area contributed by atoms with E-state index in [1.165, 1.54) is 10.6 Å². The van der Waals surface area contributed by atoms with Gasteiger partial charge in [0.15, 0.2) is 0 Å². The SMILES string of the molecule is C[C@@H](c1cc2ccccc2o1)c1nnc([C@H]2CN(S(C)(=O)=O)CCO2)o1. The third-order valence-electron chi connectivity index (χ3n) is 4.47. The second-order valence-electron chi connectivity index (χ2n) is 6.37. The van der Waals surface area contributed by atoms with Gasteiger partial charge in [-0.25, -0.2) is 8.42 Å². The standard InChI is InChI=1S/C17H19N3O5S/c1-11(14-9-12-5-3-4-6-13(12)24-14)16-18-19-17(25-16)15-10-20(7-8-23-15)26(2,21)22/h3-6,9,11,15H,7-8,10H2,1-2H3/t11-,15+/m0/s1. The van der Waals surface area contributed by atoms with Crippen molar-refractivity contribution in [2.75, 3.05) is 26.0 Å². The van der Waals surface area contributed by atoms with Crippen LogP contribution < -0.4 is 0 Å². The fourth-order valence-corrected chi connectivity index (χ4v) is 3.78. The molecule has 1 saturated heterocycles. The number of morpholine rings is 1. The average Bonchev–Trinajstić information content (AvgIpc) is 3.27. The van der Waals surface area contributed by atoms with Crippen LogP contribution in [-0.2, 0) is 14.8 Å². The second-order valence-corrected chi connectivity index (χ2v) is 8.35. The molecule has 2 atom stereocenters. The molecule has 0 bridgehead atoms.